The summed E-state index contributed by atoms with van der Waals surface area (Å²) in [7, 11) is 0. The summed E-state index contributed by atoms with van der Waals surface area (Å²) < 4.78 is 5.32. The first-order valence-electron chi connectivity index (χ1n) is 8.47. The molecule has 2 fully saturated rings. The minimum atomic E-state index is -0.251. The normalized spacial score (nSPS) is 21.9. The van der Waals surface area contributed by atoms with Crippen molar-refractivity contribution in [2.75, 3.05) is 45.9 Å². The van der Waals surface area contributed by atoms with E-state index in [9.17, 15) is 9.59 Å². The molecule has 0 aliphatic carbocycles. The van der Waals surface area contributed by atoms with Crippen molar-refractivity contribution in [3.05, 3.63) is 30.1 Å². The number of likely N-dealkylation sites (tertiary alicyclic amines) is 1. The second kappa shape index (κ2) is 8.21. The Morgan fingerprint density at radius 1 is 1.33 bits per heavy atom. The van der Waals surface area contributed by atoms with Crippen LogP contribution in [0.5, 0.6) is 0 Å². The van der Waals surface area contributed by atoms with Crippen LogP contribution < -0.4 is 5.32 Å². The van der Waals surface area contributed by atoms with Crippen LogP contribution in [0, 0.1) is 5.92 Å². The van der Waals surface area contributed by atoms with E-state index in [4.69, 9.17) is 4.74 Å². The van der Waals surface area contributed by atoms with Gasteiger partial charge in [-0.1, -0.05) is 6.07 Å². The molecular formula is C17H24N4O3. The molecule has 1 N–H and O–H groups in total. The lowest BCUT2D eigenvalue weighted by Gasteiger charge is -2.28. The third-order valence-corrected chi connectivity index (χ3v) is 4.56. The standard InChI is InChI=1S/C17H24N4O3/c22-16-10-15(17(23)19-12-14-2-1-3-18-11-14)13-21(16)5-4-20-6-8-24-9-7-20/h1-3,11,15H,4-10,12-13H2,(H,19,23). The molecule has 2 aliphatic heterocycles. The Bertz CT molecular complexity index is 560. The fourth-order valence-electron chi connectivity index (χ4n) is 3.09. The van der Waals surface area contributed by atoms with Crippen molar-refractivity contribution >= 4 is 11.8 Å². The van der Waals surface area contributed by atoms with Gasteiger partial charge in [0.05, 0.1) is 19.1 Å². The van der Waals surface area contributed by atoms with Gasteiger partial charge >= 0.3 is 0 Å². The number of aromatic nitrogens is 1. The molecule has 0 saturated carbocycles. The largest absolute Gasteiger partial charge is 0.379 e. The van der Waals surface area contributed by atoms with Crippen molar-refractivity contribution in [1.29, 1.82) is 0 Å². The first-order valence-corrected chi connectivity index (χ1v) is 8.47. The molecule has 1 atom stereocenters. The number of rotatable bonds is 6. The molecule has 0 bridgehead atoms. The summed E-state index contributed by atoms with van der Waals surface area (Å²) >= 11 is 0. The Morgan fingerprint density at radius 3 is 2.92 bits per heavy atom. The van der Waals surface area contributed by atoms with Crippen molar-refractivity contribution in [3.8, 4) is 0 Å². The molecule has 130 valence electrons. The van der Waals surface area contributed by atoms with E-state index in [1.165, 1.54) is 0 Å². The van der Waals surface area contributed by atoms with Crippen LogP contribution in [-0.4, -0.2) is 72.5 Å². The number of morpholine rings is 1. The van der Waals surface area contributed by atoms with Crippen LogP contribution >= 0.6 is 0 Å². The highest BCUT2D eigenvalue weighted by atomic mass is 16.5. The fourth-order valence-corrected chi connectivity index (χ4v) is 3.09. The number of ether oxygens (including phenoxy) is 1. The fraction of sp³-hybridized carbons (Fsp3) is 0.588. The summed E-state index contributed by atoms with van der Waals surface area (Å²) in [5, 5.41) is 2.90. The molecule has 7 heteroatoms. The first kappa shape index (κ1) is 16.9. The molecule has 0 radical (unpaired) electrons. The van der Waals surface area contributed by atoms with Gasteiger partial charge in [0, 0.05) is 58.1 Å². The molecule has 3 rings (SSSR count). The van der Waals surface area contributed by atoms with Crippen molar-refractivity contribution in [3.63, 3.8) is 0 Å². The molecule has 2 aliphatic rings. The van der Waals surface area contributed by atoms with Crippen molar-refractivity contribution in [2.45, 2.75) is 13.0 Å². The predicted octanol–water partition coefficient (Wildman–Crippen LogP) is -0.121. The second-order valence-electron chi connectivity index (χ2n) is 6.27. The summed E-state index contributed by atoms with van der Waals surface area (Å²) in [6.07, 6.45) is 3.74. The zero-order chi connectivity index (χ0) is 16.8. The van der Waals surface area contributed by atoms with E-state index in [0.717, 1.165) is 38.4 Å². The number of hydrogen-bond acceptors (Lipinski definition) is 5. The lowest BCUT2D eigenvalue weighted by molar-refractivity contribution is -0.129. The van der Waals surface area contributed by atoms with Gasteiger partial charge in [0.1, 0.15) is 0 Å². The molecule has 1 aromatic rings. The molecule has 24 heavy (non-hydrogen) atoms. The number of amides is 2. The van der Waals surface area contributed by atoms with E-state index in [2.05, 4.69) is 15.2 Å². The SMILES string of the molecule is O=C(NCc1cccnc1)C1CC(=O)N(CCN2CCOCC2)C1. The van der Waals surface area contributed by atoms with Gasteiger partial charge in [0.25, 0.3) is 0 Å². The summed E-state index contributed by atoms with van der Waals surface area (Å²) in [6.45, 7) is 5.84. The second-order valence-corrected chi connectivity index (χ2v) is 6.27. The summed E-state index contributed by atoms with van der Waals surface area (Å²) in [6, 6.07) is 3.76. The molecule has 2 amide bonds. The van der Waals surface area contributed by atoms with Gasteiger partial charge in [-0.2, -0.15) is 0 Å². The molecule has 2 saturated heterocycles. The Morgan fingerprint density at radius 2 is 2.17 bits per heavy atom. The molecule has 0 spiro atoms. The topological polar surface area (TPSA) is 74.8 Å². The van der Waals surface area contributed by atoms with Crippen LogP contribution in [0.15, 0.2) is 24.5 Å². The monoisotopic (exact) mass is 332 g/mol. The summed E-state index contributed by atoms with van der Waals surface area (Å²) in [5.74, 6) is -0.232. The Balaban J connectivity index is 1.42. The van der Waals surface area contributed by atoms with E-state index in [1.54, 1.807) is 12.4 Å². The van der Waals surface area contributed by atoms with Crippen LogP contribution in [0.2, 0.25) is 0 Å². The van der Waals surface area contributed by atoms with Gasteiger partial charge in [-0.3, -0.25) is 19.5 Å². The van der Waals surface area contributed by atoms with E-state index < -0.39 is 0 Å². The number of hydrogen-bond donors (Lipinski definition) is 1. The highest BCUT2D eigenvalue weighted by Gasteiger charge is 2.34. The maximum Gasteiger partial charge on any atom is 0.225 e. The van der Waals surface area contributed by atoms with Crippen LogP contribution in [0.1, 0.15) is 12.0 Å². The number of nitrogens with zero attached hydrogens (tertiary/aromatic N) is 3. The molecule has 1 aromatic heterocycles. The van der Waals surface area contributed by atoms with Gasteiger partial charge in [-0.15, -0.1) is 0 Å². The minimum Gasteiger partial charge on any atom is -0.379 e. The number of carbonyl (C=O) groups is 2. The summed E-state index contributed by atoms with van der Waals surface area (Å²) in [4.78, 5) is 32.5. The van der Waals surface area contributed by atoms with Crippen LogP contribution in [0.4, 0.5) is 0 Å². The van der Waals surface area contributed by atoms with Gasteiger partial charge in [-0.25, -0.2) is 0 Å². The average Bonchev–Trinajstić information content (AvgIpc) is 3.00. The van der Waals surface area contributed by atoms with Crippen LogP contribution in [0.3, 0.4) is 0 Å². The van der Waals surface area contributed by atoms with E-state index in [0.29, 0.717) is 26.1 Å². The molecule has 1 unspecified atom stereocenters. The van der Waals surface area contributed by atoms with Gasteiger partial charge in [0.2, 0.25) is 11.8 Å². The van der Waals surface area contributed by atoms with E-state index in [-0.39, 0.29) is 17.7 Å². The summed E-state index contributed by atoms with van der Waals surface area (Å²) in [5.41, 5.74) is 0.958. The number of carbonyl (C=O) groups excluding carboxylic acids is 2. The molecule has 3 heterocycles. The molecular weight excluding hydrogens is 308 g/mol. The minimum absolute atomic E-state index is 0.0546. The number of pyridine rings is 1. The average molecular weight is 332 g/mol. The van der Waals surface area contributed by atoms with Gasteiger partial charge < -0.3 is 15.0 Å². The Labute approximate surface area is 142 Å². The van der Waals surface area contributed by atoms with Crippen LogP contribution in [0.25, 0.3) is 0 Å². The molecule has 7 nitrogen and oxygen atoms in total. The van der Waals surface area contributed by atoms with Crippen molar-refractivity contribution < 1.29 is 14.3 Å². The lowest BCUT2D eigenvalue weighted by atomic mass is 10.1. The maximum atomic E-state index is 12.3. The van der Waals surface area contributed by atoms with Crippen LogP contribution in [-0.2, 0) is 20.9 Å². The zero-order valence-electron chi connectivity index (χ0n) is 13.8. The van der Waals surface area contributed by atoms with Crippen molar-refractivity contribution in [1.82, 2.24) is 20.1 Å². The highest BCUT2D eigenvalue weighted by molar-refractivity contribution is 5.89. The Hall–Kier alpha value is -1.99. The van der Waals surface area contributed by atoms with Gasteiger partial charge in [0.15, 0.2) is 0 Å². The first-order chi connectivity index (χ1) is 11.7. The predicted molar refractivity (Wildman–Crippen MR) is 88.0 cm³/mol. The quantitative estimate of drug-likeness (QED) is 0.786. The van der Waals surface area contributed by atoms with Crippen molar-refractivity contribution in [2.24, 2.45) is 5.92 Å². The van der Waals surface area contributed by atoms with E-state index in [1.807, 2.05) is 17.0 Å². The Kier molecular flexibility index (Phi) is 5.77. The zero-order valence-corrected chi connectivity index (χ0v) is 13.8. The van der Waals surface area contributed by atoms with E-state index >= 15 is 0 Å². The number of nitrogens with one attached hydrogen (secondary N) is 1. The van der Waals surface area contributed by atoms with Gasteiger partial charge in [-0.05, 0) is 11.6 Å². The third-order valence-electron chi connectivity index (χ3n) is 4.56. The molecule has 0 aromatic carbocycles. The lowest BCUT2D eigenvalue weighted by Crippen LogP contribution is -2.42. The highest BCUT2D eigenvalue weighted by Crippen LogP contribution is 2.18. The third kappa shape index (κ3) is 4.52. The smallest absolute Gasteiger partial charge is 0.225 e. The maximum absolute atomic E-state index is 12.3.